The third-order valence-corrected chi connectivity index (χ3v) is 5.76. The number of aliphatic hydroxyl groups excluding tert-OH is 1. The molecule has 1 aromatic rings. The second kappa shape index (κ2) is 8.39. The number of hydrogen-bond donors (Lipinski definition) is 2. The number of nitrogens with zero attached hydrogens (tertiary/aromatic N) is 1. The average Bonchev–Trinajstić information content (AvgIpc) is 2.68. The maximum atomic E-state index is 12.7. The molecule has 0 bridgehead atoms. The molecule has 1 aromatic carbocycles. The number of amides is 1. The first-order chi connectivity index (χ1) is 12.1. The number of piperidine rings is 1. The molecule has 5 nitrogen and oxygen atoms in total. The zero-order chi connectivity index (χ0) is 17.7. The second-order valence-electron chi connectivity index (χ2n) is 7.17. The van der Waals surface area contributed by atoms with Gasteiger partial charge in [-0.2, -0.15) is 0 Å². The van der Waals surface area contributed by atoms with Crippen LogP contribution >= 0.6 is 11.6 Å². The van der Waals surface area contributed by atoms with Crippen LogP contribution in [0.5, 0.6) is 0 Å². The first-order valence-corrected chi connectivity index (χ1v) is 9.53. The minimum atomic E-state index is -0.287. The minimum Gasteiger partial charge on any atom is -0.396 e. The van der Waals surface area contributed by atoms with Gasteiger partial charge in [-0.3, -0.25) is 4.79 Å². The molecule has 1 amide bonds. The van der Waals surface area contributed by atoms with Crippen molar-refractivity contribution in [3.05, 3.63) is 28.8 Å². The van der Waals surface area contributed by atoms with Crippen molar-refractivity contribution in [1.29, 1.82) is 0 Å². The first-order valence-electron chi connectivity index (χ1n) is 9.15. The summed E-state index contributed by atoms with van der Waals surface area (Å²) >= 11 is 6.27. The van der Waals surface area contributed by atoms with Crippen molar-refractivity contribution in [2.24, 2.45) is 5.41 Å². The molecule has 0 spiro atoms. The van der Waals surface area contributed by atoms with Crippen LogP contribution in [0.2, 0.25) is 5.02 Å². The lowest BCUT2D eigenvalue weighted by atomic mass is 9.81. The Kier molecular flexibility index (Phi) is 6.20. The van der Waals surface area contributed by atoms with Crippen LogP contribution in [-0.2, 0) is 4.74 Å². The van der Waals surface area contributed by atoms with Gasteiger partial charge in [0.1, 0.15) is 0 Å². The van der Waals surface area contributed by atoms with Gasteiger partial charge in [0.15, 0.2) is 0 Å². The largest absolute Gasteiger partial charge is 0.396 e. The third kappa shape index (κ3) is 4.46. The van der Waals surface area contributed by atoms with E-state index < -0.39 is 0 Å². The summed E-state index contributed by atoms with van der Waals surface area (Å²) in [5.74, 6) is -0.178. The molecule has 2 aliphatic rings. The van der Waals surface area contributed by atoms with Crippen LogP contribution < -0.4 is 10.2 Å². The fourth-order valence-corrected chi connectivity index (χ4v) is 3.80. The van der Waals surface area contributed by atoms with Crippen molar-refractivity contribution in [3.63, 3.8) is 0 Å². The number of rotatable bonds is 5. The highest BCUT2D eigenvalue weighted by Crippen LogP contribution is 2.30. The lowest BCUT2D eigenvalue weighted by Crippen LogP contribution is -2.43. The summed E-state index contributed by atoms with van der Waals surface area (Å²) in [6.45, 7) is 3.80. The van der Waals surface area contributed by atoms with Gasteiger partial charge in [-0.1, -0.05) is 11.6 Å². The molecule has 0 unspecified atom stereocenters. The van der Waals surface area contributed by atoms with E-state index in [1.165, 1.54) is 19.3 Å². The lowest BCUT2D eigenvalue weighted by Gasteiger charge is -2.35. The molecule has 0 aromatic heterocycles. The standard InChI is InChI=1S/C19H27ClN2O3/c20-17-5-4-15(22-8-2-1-3-9-22)12-16(17)18(24)21-13-19(14-23)6-10-25-11-7-19/h4-5,12,23H,1-3,6-11,13-14H2,(H,21,24). The molecule has 138 valence electrons. The van der Waals surface area contributed by atoms with Gasteiger partial charge in [-0.05, 0) is 50.3 Å². The van der Waals surface area contributed by atoms with Crippen LogP contribution in [0.25, 0.3) is 0 Å². The van der Waals surface area contributed by atoms with E-state index in [-0.39, 0.29) is 17.9 Å². The third-order valence-electron chi connectivity index (χ3n) is 5.43. The Morgan fingerprint density at radius 2 is 1.96 bits per heavy atom. The molecular weight excluding hydrogens is 340 g/mol. The topological polar surface area (TPSA) is 61.8 Å². The molecule has 6 heteroatoms. The first kappa shape index (κ1) is 18.5. The number of carbonyl (C=O) groups is 1. The molecule has 2 fully saturated rings. The predicted molar refractivity (Wildman–Crippen MR) is 99.4 cm³/mol. The zero-order valence-corrected chi connectivity index (χ0v) is 15.4. The molecular formula is C19H27ClN2O3. The Morgan fingerprint density at radius 3 is 2.64 bits per heavy atom. The number of carbonyl (C=O) groups excluding carboxylic acids is 1. The maximum Gasteiger partial charge on any atom is 0.252 e. The Balaban J connectivity index is 1.68. The van der Waals surface area contributed by atoms with Crippen molar-refractivity contribution in [2.75, 3.05) is 44.4 Å². The van der Waals surface area contributed by atoms with Crippen LogP contribution in [0, 0.1) is 5.41 Å². The molecule has 0 saturated carbocycles. The van der Waals surface area contributed by atoms with Gasteiger partial charge in [0, 0.05) is 44.0 Å². The highest BCUT2D eigenvalue weighted by atomic mass is 35.5. The van der Waals surface area contributed by atoms with E-state index in [9.17, 15) is 9.90 Å². The number of halogens is 1. The van der Waals surface area contributed by atoms with Gasteiger partial charge in [0.25, 0.3) is 5.91 Å². The number of ether oxygens (including phenoxy) is 1. The molecule has 0 atom stereocenters. The molecule has 2 aliphatic heterocycles. The number of hydrogen-bond acceptors (Lipinski definition) is 4. The Hall–Kier alpha value is -1.30. The zero-order valence-electron chi connectivity index (χ0n) is 14.6. The van der Waals surface area contributed by atoms with E-state index >= 15 is 0 Å². The van der Waals surface area contributed by atoms with Gasteiger partial charge >= 0.3 is 0 Å². The van der Waals surface area contributed by atoms with Crippen LogP contribution in [0.1, 0.15) is 42.5 Å². The number of benzene rings is 1. The SMILES string of the molecule is O=C(NCC1(CO)CCOCC1)c1cc(N2CCCCC2)ccc1Cl. The highest BCUT2D eigenvalue weighted by Gasteiger charge is 2.32. The fraction of sp³-hybridized carbons (Fsp3) is 0.632. The van der Waals surface area contributed by atoms with Crippen molar-refractivity contribution >= 4 is 23.2 Å². The normalized spacial score (nSPS) is 20.3. The average molecular weight is 367 g/mol. The quantitative estimate of drug-likeness (QED) is 0.841. The molecule has 0 radical (unpaired) electrons. The van der Waals surface area contributed by atoms with E-state index in [1.807, 2.05) is 12.1 Å². The van der Waals surface area contributed by atoms with Crippen molar-refractivity contribution in [3.8, 4) is 0 Å². The van der Waals surface area contributed by atoms with E-state index in [0.717, 1.165) is 31.6 Å². The van der Waals surface area contributed by atoms with Gasteiger partial charge in [-0.15, -0.1) is 0 Å². The van der Waals surface area contributed by atoms with Gasteiger partial charge < -0.3 is 20.1 Å². The summed E-state index contributed by atoms with van der Waals surface area (Å²) in [5.41, 5.74) is 1.27. The number of nitrogens with one attached hydrogen (secondary N) is 1. The Bertz CT molecular complexity index is 596. The number of aliphatic hydroxyl groups is 1. The van der Waals surface area contributed by atoms with Crippen molar-refractivity contribution < 1.29 is 14.6 Å². The summed E-state index contributed by atoms with van der Waals surface area (Å²) in [6.07, 6.45) is 5.15. The second-order valence-corrected chi connectivity index (χ2v) is 7.57. The van der Waals surface area contributed by atoms with Crippen molar-refractivity contribution in [2.45, 2.75) is 32.1 Å². The van der Waals surface area contributed by atoms with Gasteiger partial charge in [0.2, 0.25) is 0 Å². The van der Waals surface area contributed by atoms with Crippen molar-refractivity contribution in [1.82, 2.24) is 5.32 Å². The summed E-state index contributed by atoms with van der Waals surface area (Å²) < 4.78 is 5.37. The molecule has 2 saturated heterocycles. The van der Waals surface area contributed by atoms with Crippen LogP contribution in [0.15, 0.2) is 18.2 Å². The Morgan fingerprint density at radius 1 is 1.24 bits per heavy atom. The van der Waals surface area contributed by atoms with E-state index in [2.05, 4.69) is 10.2 Å². The van der Waals surface area contributed by atoms with Crippen LogP contribution in [0.3, 0.4) is 0 Å². The number of anilines is 1. The molecule has 25 heavy (non-hydrogen) atoms. The predicted octanol–water partition coefficient (Wildman–Crippen LogP) is 2.85. The smallest absolute Gasteiger partial charge is 0.252 e. The summed E-state index contributed by atoms with van der Waals surface area (Å²) in [4.78, 5) is 15.0. The summed E-state index contributed by atoms with van der Waals surface area (Å²) in [6, 6.07) is 5.67. The van der Waals surface area contributed by atoms with Gasteiger partial charge in [-0.25, -0.2) is 0 Å². The highest BCUT2D eigenvalue weighted by molar-refractivity contribution is 6.34. The summed E-state index contributed by atoms with van der Waals surface area (Å²) in [7, 11) is 0. The monoisotopic (exact) mass is 366 g/mol. The summed E-state index contributed by atoms with van der Waals surface area (Å²) in [5, 5.41) is 13.2. The molecule has 2 heterocycles. The molecule has 0 aliphatic carbocycles. The molecule has 2 N–H and O–H groups in total. The van der Waals surface area contributed by atoms with Crippen LogP contribution in [-0.4, -0.2) is 50.5 Å². The lowest BCUT2D eigenvalue weighted by molar-refractivity contribution is -0.0146. The van der Waals surface area contributed by atoms with Crippen LogP contribution in [0.4, 0.5) is 5.69 Å². The van der Waals surface area contributed by atoms with Gasteiger partial charge in [0.05, 0.1) is 17.2 Å². The maximum absolute atomic E-state index is 12.7. The van der Waals surface area contributed by atoms with E-state index in [4.69, 9.17) is 16.3 Å². The fourth-order valence-electron chi connectivity index (χ4n) is 3.59. The molecule has 3 rings (SSSR count). The minimum absolute atomic E-state index is 0.0538. The Labute approximate surface area is 154 Å². The van der Waals surface area contributed by atoms with E-state index in [0.29, 0.717) is 30.3 Å². The van der Waals surface area contributed by atoms with E-state index in [1.54, 1.807) is 6.07 Å².